The van der Waals surface area contributed by atoms with Gasteiger partial charge in [-0.15, -0.1) is 0 Å². The molecule has 0 N–H and O–H groups in total. The summed E-state index contributed by atoms with van der Waals surface area (Å²) in [5.74, 6) is 5.87. The van der Waals surface area contributed by atoms with Gasteiger partial charge in [-0.3, -0.25) is 4.79 Å². The molecule has 0 radical (unpaired) electrons. The molecule has 9 nitrogen and oxygen atoms in total. The molecule has 8 atom stereocenters. The van der Waals surface area contributed by atoms with E-state index in [4.69, 9.17) is 37.9 Å². The van der Waals surface area contributed by atoms with Crippen molar-refractivity contribution in [2.24, 2.45) is 0 Å². The second kappa shape index (κ2) is 28.0. The van der Waals surface area contributed by atoms with Crippen LogP contribution in [-0.4, -0.2) is 60.6 Å². The Morgan fingerprint density at radius 1 is 0.580 bits per heavy atom. The maximum Gasteiger partial charge on any atom is 0.190 e. The van der Waals surface area contributed by atoms with Crippen molar-refractivity contribution >= 4 is 5.78 Å². The van der Waals surface area contributed by atoms with Crippen LogP contribution in [0.25, 0.3) is 0 Å². The summed E-state index contributed by atoms with van der Waals surface area (Å²) in [4.78, 5) is 15.0. The SMILES string of the molecule is CCCCCCCCC[C@H](CC(=O)[C@@H](OCc1ccccc1)[C@H](C#CC[C@H](OCc1ccccc1)[C@H]1O[C@@H]2OC(C)(C)O[C@@H]2[C@H]1OCc1ccccc1)OCc1ccccc1)OCc1ccccc1. The number of fused-ring (bicyclic) bond motifs is 1. The van der Waals surface area contributed by atoms with E-state index in [1.165, 1.54) is 32.1 Å². The van der Waals surface area contributed by atoms with Gasteiger partial charge in [-0.1, -0.05) is 215 Å². The second-order valence-corrected chi connectivity index (χ2v) is 18.6. The summed E-state index contributed by atoms with van der Waals surface area (Å²) < 4.78 is 52.7. The van der Waals surface area contributed by atoms with E-state index in [0.717, 1.165) is 47.1 Å². The van der Waals surface area contributed by atoms with Crippen molar-refractivity contribution in [2.75, 3.05) is 0 Å². The summed E-state index contributed by atoms with van der Waals surface area (Å²) in [5, 5.41) is 0. The smallest absolute Gasteiger partial charge is 0.190 e. The molecule has 0 bridgehead atoms. The summed E-state index contributed by atoms with van der Waals surface area (Å²) in [6.45, 7) is 7.52. The Hall–Kier alpha value is -4.99. The predicted octanol–water partition coefficient (Wildman–Crippen LogP) is 12.3. The fourth-order valence-electron chi connectivity index (χ4n) is 8.84. The number of carbonyl (C=O) groups is 1. The van der Waals surface area contributed by atoms with Crippen molar-refractivity contribution in [3.05, 3.63) is 179 Å². The zero-order valence-corrected chi connectivity index (χ0v) is 40.8. The number of ketones is 1. The van der Waals surface area contributed by atoms with Crippen molar-refractivity contribution in [2.45, 2.75) is 173 Å². The highest BCUT2D eigenvalue weighted by atomic mass is 16.8. The van der Waals surface area contributed by atoms with Crippen molar-refractivity contribution in [3.63, 3.8) is 0 Å². The van der Waals surface area contributed by atoms with Gasteiger partial charge in [-0.05, 0) is 48.1 Å². The minimum Gasteiger partial charge on any atom is -0.373 e. The summed E-state index contributed by atoms with van der Waals surface area (Å²) in [6, 6.07) is 50.0. The molecule has 0 aliphatic carbocycles. The number of unbranched alkanes of at least 4 members (excludes halogenated alkanes) is 6. The average molecular weight is 937 g/mol. The molecule has 0 saturated carbocycles. The van der Waals surface area contributed by atoms with Crippen molar-refractivity contribution < 1.29 is 42.7 Å². The number of ether oxygens (including phenoxy) is 8. The molecule has 69 heavy (non-hydrogen) atoms. The molecule has 2 heterocycles. The first-order chi connectivity index (χ1) is 33.8. The van der Waals surface area contributed by atoms with Crippen LogP contribution in [0.1, 0.15) is 113 Å². The van der Waals surface area contributed by atoms with Gasteiger partial charge in [0, 0.05) is 12.8 Å². The van der Waals surface area contributed by atoms with Crippen LogP contribution in [-0.2, 0) is 75.7 Å². The highest BCUT2D eigenvalue weighted by molar-refractivity contribution is 5.84. The van der Waals surface area contributed by atoms with E-state index < -0.39 is 48.7 Å². The first-order valence-corrected chi connectivity index (χ1v) is 25.1. The predicted molar refractivity (Wildman–Crippen MR) is 268 cm³/mol. The topological polar surface area (TPSA) is 90.9 Å². The summed E-state index contributed by atoms with van der Waals surface area (Å²) in [5.41, 5.74) is 5.00. The Kier molecular flexibility index (Phi) is 21.0. The molecule has 7 rings (SSSR count). The number of benzene rings is 5. The Balaban J connectivity index is 1.16. The molecule has 0 aromatic heterocycles. The van der Waals surface area contributed by atoms with Crippen LogP contribution in [0.2, 0.25) is 0 Å². The van der Waals surface area contributed by atoms with Gasteiger partial charge < -0.3 is 37.9 Å². The van der Waals surface area contributed by atoms with Gasteiger partial charge in [0.15, 0.2) is 30.1 Å². The lowest BCUT2D eigenvalue weighted by Crippen LogP contribution is -2.43. The van der Waals surface area contributed by atoms with Crippen LogP contribution in [0.15, 0.2) is 152 Å². The summed E-state index contributed by atoms with van der Waals surface area (Å²) >= 11 is 0. The molecule has 0 amide bonds. The molecular weight excluding hydrogens is 865 g/mol. The first-order valence-electron chi connectivity index (χ1n) is 25.1. The monoisotopic (exact) mass is 937 g/mol. The molecule has 9 heteroatoms. The molecule has 0 unspecified atom stereocenters. The summed E-state index contributed by atoms with van der Waals surface area (Å²) in [6.07, 6.45) is 4.27. The lowest BCUT2D eigenvalue weighted by molar-refractivity contribution is -0.234. The number of Topliss-reactive ketones (excluding diaryl/α,β-unsaturated/α-hetero) is 1. The third-order valence-corrected chi connectivity index (χ3v) is 12.6. The van der Waals surface area contributed by atoms with E-state index >= 15 is 0 Å². The van der Waals surface area contributed by atoms with Gasteiger partial charge in [0.05, 0.1) is 45.2 Å². The van der Waals surface area contributed by atoms with Gasteiger partial charge in [0.25, 0.3) is 0 Å². The lowest BCUT2D eigenvalue weighted by Gasteiger charge is -2.30. The highest BCUT2D eigenvalue weighted by Crippen LogP contribution is 2.41. The third kappa shape index (κ3) is 17.1. The Morgan fingerprint density at radius 3 is 1.61 bits per heavy atom. The number of rotatable bonds is 29. The standard InChI is InChI=1S/C60H72O9/c1-4-5-6-7-8-9-25-37-51(62-41-46-27-15-10-16-28-46)40-52(61)55(65-44-49-33-21-13-22-34-49)53(63-42-47-29-17-11-18-30-47)38-26-39-54(64-43-48-31-19-12-20-32-48)56-57(66-45-50-35-23-14-24-36-50)58-59(67-56)69-60(2,3)68-58/h10-24,27-36,51,53-59H,4-9,25,37,39-45H2,1-3H3/t51-,53+,54+,55-,56-,57+,58-,59-/m1/s1. The molecule has 5 aromatic rings. The number of hydrogen-bond acceptors (Lipinski definition) is 9. The zero-order chi connectivity index (χ0) is 47.9. The molecule has 2 saturated heterocycles. The Labute approximate surface area is 411 Å². The molecular formula is C60H72O9. The zero-order valence-electron chi connectivity index (χ0n) is 40.8. The van der Waals surface area contributed by atoms with Crippen LogP contribution >= 0.6 is 0 Å². The largest absolute Gasteiger partial charge is 0.373 e. The normalized spacial score (nSPS) is 20.0. The van der Waals surface area contributed by atoms with Crippen LogP contribution in [0.3, 0.4) is 0 Å². The van der Waals surface area contributed by atoms with Crippen molar-refractivity contribution in [1.82, 2.24) is 0 Å². The third-order valence-electron chi connectivity index (χ3n) is 12.6. The van der Waals surface area contributed by atoms with Crippen LogP contribution in [0.5, 0.6) is 0 Å². The summed E-state index contributed by atoms with van der Waals surface area (Å²) in [7, 11) is 0. The van der Waals surface area contributed by atoms with Gasteiger partial charge in [0.2, 0.25) is 0 Å². The number of hydrogen-bond donors (Lipinski definition) is 0. The Bertz CT molecular complexity index is 2250. The molecule has 2 aliphatic heterocycles. The number of carbonyl (C=O) groups excluding carboxylic acids is 1. The van der Waals surface area contributed by atoms with Crippen molar-refractivity contribution in [3.8, 4) is 11.8 Å². The van der Waals surface area contributed by atoms with E-state index in [0.29, 0.717) is 19.8 Å². The molecule has 5 aromatic carbocycles. The van der Waals surface area contributed by atoms with E-state index in [1.807, 2.05) is 153 Å². The van der Waals surface area contributed by atoms with E-state index in [-0.39, 0.29) is 37.9 Å². The van der Waals surface area contributed by atoms with Gasteiger partial charge >= 0.3 is 0 Å². The molecule has 366 valence electrons. The van der Waals surface area contributed by atoms with E-state index in [1.54, 1.807) is 0 Å². The maximum atomic E-state index is 15.0. The quantitative estimate of drug-likeness (QED) is 0.0343. The highest BCUT2D eigenvalue weighted by Gasteiger charge is 2.57. The maximum absolute atomic E-state index is 15.0. The van der Waals surface area contributed by atoms with E-state index in [9.17, 15) is 4.79 Å². The van der Waals surface area contributed by atoms with Crippen LogP contribution < -0.4 is 0 Å². The fourth-order valence-corrected chi connectivity index (χ4v) is 8.84. The van der Waals surface area contributed by atoms with Gasteiger partial charge in [-0.2, -0.15) is 0 Å². The minimum absolute atomic E-state index is 0.116. The second-order valence-electron chi connectivity index (χ2n) is 18.6. The minimum atomic E-state index is -1.02. The van der Waals surface area contributed by atoms with Crippen molar-refractivity contribution in [1.29, 1.82) is 0 Å². The first kappa shape index (κ1) is 51.8. The average Bonchev–Trinajstić information content (AvgIpc) is 3.86. The van der Waals surface area contributed by atoms with Crippen LogP contribution in [0, 0.1) is 11.8 Å². The van der Waals surface area contributed by atoms with Crippen LogP contribution in [0.4, 0.5) is 0 Å². The lowest BCUT2D eigenvalue weighted by atomic mass is 9.98. The molecule has 2 aliphatic rings. The molecule has 2 fully saturated rings. The van der Waals surface area contributed by atoms with Gasteiger partial charge in [-0.25, -0.2) is 0 Å². The Morgan fingerprint density at radius 2 is 1.06 bits per heavy atom. The fraction of sp³-hybridized carbons (Fsp3) is 0.450. The van der Waals surface area contributed by atoms with Gasteiger partial charge in [0.1, 0.15) is 18.3 Å². The molecule has 0 spiro atoms. The van der Waals surface area contributed by atoms with E-state index in [2.05, 4.69) is 30.9 Å².